The molecule has 0 radical (unpaired) electrons. The fourth-order valence-corrected chi connectivity index (χ4v) is 2.41. The second-order valence-corrected chi connectivity index (χ2v) is 5.35. The molecule has 0 amide bonds. The summed E-state index contributed by atoms with van der Waals surface area (Å²) in [6.45, 7) is 4.92. The highest BCUT2D eigenvalue weighted by Gasteiger charge is 2.01. The average Bonchev–Trinajstić information content (AvgIpc) is 2.86. The predicted molar refractivity (Wildman–Crippen MR) is 85.5 cm³/mol. The third kappa shape index (κ3) is 3.21. The summed E-state index contributed by atoms with van der Waals surface area (Å²) >= 11 is 0. The lowest BCUT2D eigenvalue weighted by atomic mass is 10.1. The maximum atomic E-state index is 4.41. The predicted octanol–water partition coefficient (Wildman–Crippen LogP) is 3.60. The van der Waals surface area contributed by atoms with E-state index in [-0.39, 0.29) is 0 Å². The molecule has 0 aliphatic carbocycles. The number of aromatic nitrogens is 3. The van der Waals surface area contributed by atoms with Gasteiger partial charge in [-0.1, -0.05) is 25.5 Å². The molecule has 4 nitrogen and oxygen atoms in total. The maximum Gasteiger partial charge on any atom is 0.155 e. The lowest BCUT2D eigenvalue weighted by Gasteiger charge is -2.07. The van der Waals surface area contributed by atoms with Crippen LogP contribution in [0.4, 0.5) is 5.69 Å². The summed E-state index contributed by atoms with van der Waals surface area (Å²) in [4.78, 5) is 4.41. The first-order valence-electron chi connectivity index (χ1n) is 7.38. The Morgan fingerprint density at radius 2 is 1.95 bits per heavy atom. The van der Waals surface area contributed by atoms with E-state index in [1.165, 1.54) is 12.0 Å². The summed E-state index contributed by atoms with van der Waals surface area (Å²) < 4.78 is 1.83. The summed E-state index contributed by atoms with van der Waals surface area (Å²) in [5.74, 6) is 0. The topological polar surface area (TPSA) is 42.2 Å². The minimum Gasteiger partial charge on any atom is -0.381 e. The van der Waals surface area contributed by atoms with Crippen molar-refractivity contribution in [2.24, 2.45) is 0 Å². The zero-order valence-electron chi connectivity index (χ0n) is 12.5. The van der Waals surface area contributed by atoms with Crippen molar-refractivity contribution in [2.45, 2.75) is 33.2 Å². The third-order valence-electron chi connectivity index (χ3n) is 3.48. The van der Waals surface area contributed by atoms with E-state index in [1.54, 1.807) is 0 Å². The van der Waals surface area contributed by atoms with Crippen molar-refractivity contribution >= 4 is 11.3 Å². The van der Waals surface area contributed by atoms with E-state index in [1.807, 2.05) is 29.9 Å². The fraction of sp³-hybridized carbons (Fsp3) is 0.294. The fourth-order valence-electron chi connectivity index (χ4n) is 2.41. The molecule has 1 N–H and O–H groups in total. The zero-order chi connectivity index (χ0) is 14.7. The summed E-state index contributed by atoms with van der Waals surface area (Å²) in [5, 5.41) is 7.81. The Hall–Kier alpha value is -2.36. The van der Waals surface area contributed by atoms with Gasteiger partial charge < -0.3 is 5.32 Å². The quantitative estimate of drug-likeness (QED) is 0.776. The Labute approximate surface area is 124 Å². The molecule has 21 heavy (non-hydrogen) atoms. The summed E-state index contributed by atoms with van der Waals surface area (Å²) in [6.07, 6.45) is 6.24. The SMILES string of the molecule is CCCc1ccc(NCc2cnc3cc(C)nn3c2)cc1. The standard InChI is InChI=1S/C17H20N4/c1-3-4-14-5-7-16(8-6-14)18-10-15-11-19-17-9-13(2)20-21(17)12-15/h5-9,11-12,18H,3-4,10H2,1-2H3. The second kappa shape index (κ2) is 5.95. The van der Waals surface area contributed by atoms with Gasteiger partial charge in [0.2, 0.25) is 0 Å². The molecule has 0 atom stereocenters. The van der Waals surface area contributed by atoms with E-state index in [9.17, 15) is 0 Å². The molecular weight excluding hydrogens is 260 g/mol. The van der Waals surface area contributed by atoms with Gasteiger partial charge in [-0.3, -0.25) is 0 Å². The molecule has 0 bridgehead atoms. The van der Waals surface area contributed by atoms with Crippen molar-refractivity contribution in [3.8, 4) is 0 Å². The van der Waals surface area contributed by atoms with E-state index in [4.69, 9.17) is 0 Å². The van der Waals surface area contributed by atoms with E-state index < -0.39 is 0 Å². The first-order chi connectivity index (χ1) is 10.2. The van der Waals surface area contributed by atoms with E-state index >= 15 is 0 Å². The number of anilines is 1. The Morgan fingerprint density at radius 3 is 2.71 bits per heavy atom. The minimum absolute atomic E-state index is 0.745. The smallest absolute Gasteiger partial charge is 0.155 e. The van der Waals surface area contributed by atoms with Gasteiger partial charge in [0.1, 0.15) is 0 Å². The molecule has 0 spiro atoms. The van der Waals surface area contributed by atoms with Gasteiger partial charge in [0.25, 0.3) is 0 Å². The summed E-state index contributed by atoms with van der Waals surface area (Å²) in [7, 11) is 0. The van der Waals surface area contributed by atoms with Crippen LogP contribution in [0, 0.1) is 6.92 Å². The van der Waals surface area contributed by atoms with Crippen molar-refractivity contribution in [3.63, 3.8) is 0 Å². The van der Waals surface area contributed by atoms with Crippen LogP contribution in [0.1, 0.15) is 30.2 Å². The van der Waals surface area contributed by atoms with Gasteiger partial charge >= 0.3 is 0 Å². The molecule has 4 heteroatoms. The molecular formula is C17H20N4. The Bertz CT molecular complexity index is 728. The molecule has 0 saturated heterocycles. The van der Waals surface area contributed by atoms with Gasteiger partial charge in [-0.2, -0.15) is 5.10 Å². The molecule has 0 fully saturated rings. The number of rotatable bonds is 5. The minimum atomic E-state index is 0.745. The van der Waals surface area contributed by atoms with Gasteiger partial charge in [-0.05, 0) is 31.0 Å². The summed E-state index contributed by atoms with van der Waals surface area (Å²) in [5.41, 5.74) is 5.51. The van der Waals surface area contributed by atoms with Crippen molar-refractivity contribution < 1.29 is 0 Å². The van der Waals surface area contributed by atoms with Crippen molar-refractivity contribution in [1.29, 1.82) is 0 Å². The zero-order valence-corrected chi connectivity index (χ0v) is 12.5. The van der Waals surface area contributed by atoms with Gasteiger partial charge in [-0.25, -0.2) is 9.50 Å². The van der Waals surface area contributed by atoms with Crippen molar-refractivity contribution in [3.05, 3.63) is 59.5 Å². The highest BCUT2D eigenvalue weighted by molar-refractivity contribution is 5.45. The van der Waals surface area contributed by atoms with Crippen LogP contribution in [0.15, 0.2) is 42.7 Å². The van der Waals surface area contributed by atoms with Gasteiger partial charge in [-0.15, -0.1) is 0 Å². The highest BCUT2D eigenvalue weighted by Crippen LogP contribution is 2.12. The Morgan fingerprint density at radius 1 is 1.14 bits per heavy atom. The van der Waals surface area contributed by atoms with Crippen molar-refractivity contribution in [1.82, 2.24) is 14.6 Å². The number of nitrogens with one attached hydrogen (secondary N) is 1. The number of hydrogen-bond donors (Lipinski definition) is 1. The number of fused-ring (bicyclic) bond motifs is 1. The molecule has 3 rings (SSSR count). The molecule has 2 aromatic heterocycles. The number of nitrogens with zero attached hydrogens (tertiary/aromatic N) is 3. The molecule has 108 valence electrons. The maximum absolute atomic E-state index is 4.41. The van der Waals surface area contributed by atoms with Crippen LogP contribution >= 0.6 is 0 Å². The van der Waals surface area contributed by atoms with Crippen LogP contribution in [0.25, 0.3) is 5.65 Å². The molecule has 1 aromatic carbocycles. The Balaban J connectivity index is 1.67. The summed E-state index contributed by atoms with van der Waals surface area (Å²) in [6, 6.07) is 10.6. The number of aryl methyl sites for hydroxylation is 2. The lowest BCUT2D eigenvalue weighted by Crippen LogP contribution is -2.02. The number of hydrogen-bond acceptors (Lipinski definition) is 3. The monoisotopic (exact) mass is 280 g/mol. The van der Waals surface area contributed by atoms with E-state index in [0.29, 0.717) is 0 Å². The molecule has 2 heterocycles. The third-order valence-corrected chi connectivity index (χ3v) is 3.48. The van der Waals surface area contributed by atoms with Crippen LogP contribution < -0.4 is 5.32 Å². The molecule has 3 aromatic rings. The van der Waals surface area contributed by atoms with Crippen LogP contribution in [0.2, 0.25) is 0 Å². The number of benzene rings is 1. The van der Waals surface area contributed by atoms with E-state index in [0.717, 1.165) is 35.6 Å². The normalized spacial score (nSPS) is 11.0. The second-order valence-electron chi connectivity index (χ2n) is 5.35. The van der Waals surface area contributed by atoms with Crippen molar-refractivity contribution in [2.75, 3.05) is 5.32 Å². The first kappa shape index (κ1) is 13.6. The largest absolute Gasteiger partial charge is 0.381 e. The molecule has 0 unspecified atom stereocenters. The molecule has 0 aliphatic rings. The Kier molecular flexibility index (Phi) is 3.86. The van der Waals surface area contributed by atoms with Gasteiger partial charge in [0.15, 0.2) is 5.65 Å². The van der Waals surface area contributed by atoms with Crippen LogP contribution in [-0.2, 0) is 13.0 Å². The van der Waals surface area contributed by atoms with Crippen LogP contribution in [-0.4, -0.2) is 14.6 Å². The average molecular weight is 280 g/mol. The van der Waals surface area contributed by atoms with Gasteiger partial charge in [0, 0.05) is 36.3 Å². The molecule has 0 aliphatic heterocycles. The van der Waals surface area contributed by atoms with Crippen LogP contribution in [0.3, 0.4) is 0 Å². The van der Waals surface area contributed by atoms with Gasteiger partial charge in [0.05, 0.1) is 5.69 Å². The lowest BCUT2D eigenvalue weighted by molar-refractivity contribution is 0.895. The van der Waals surface area contributed by atoms with E-state index in [2.05, 4.69) is 46.6 Å². The van der Waals surface area contributed by atoms with Crippen LogP contribution in [0.5, 0.6) is 0 Å². The first-order valence-corrected chi connectivity index (χ1v) is 7.38. The molecule has 0 saturated carbocycles. The highest BCUT2D eigenvalue weighted by atomic mass is 15.2.